The van der Waals surface area contributed by atoms with Crippen LogP contribution in [0.5, 0.6) is 5.75 Å². The molecule has 2 unspecified atom stereocenters. The van der Waals surface area contributed by atoms with Gasteiger partial charge in [-0.15, -0.1) is 0 Å². The van der Waals surface area contributed by atoms with Gasteiger partial charge in [0.1, 0.15) is 10.8 Å². The Kier molecular flexibility index (Phi) is 6.72. The third-order valence-corrected chi connectivity index (χ3v) is 8.38. The average Bonchev–Trinajstić information content (AvgIpc) is 3.86. The Morgan fingerprint density at radius 1 is 1.29 bits per heavy atom. The summed E-state index contributed by atoms with van der Waals surface area (Å²) in [5.74, 6) is 1.30. The summed E-state index contributed by atoms with van der Waals surface area (Å²) >= 11 is 6.47. The molecule has 0 aliphatic heterocycles. The van der Waals surface area contributed by atoms with Crippen molar-refractivity contribution in [2.75, 3.05) is 12.8 Å². The molecule has 0 saturated heterocycles. The van der Waals surface area contributed by atoms with Crippen LogP contribution in [0.1, 0.15) is 72.0 Å². The lowest BCUT2D eigenvalue weighted by Gasteiger charge is -2.21. The number of hydrogen-bond donors (Lipinski definition) is 4. The number of benzene rings is 1. The molecule has 38 heavy (non-hydrogen) atoms. The number of anilines is 1. The number of methoxy groups -OCH3 is 1. The van der Waals surface area contributed by atoms with E-state index >= 15 is 0 Å². The third-order valence-electron chi connectivity index (χ3n) is 8.00. The van der Waals surface area contributed by atoms with Crippen LogP contribution in [-0.2, 0) is 12.8 Å². The number of nitrogens with zero attached hydrogens (tertiary/aromatic N) is 2. The maximum atomic E-state index is 12.3. The molecular formula is C29H32ClN5O3. The van der Waals surface area contributed by atoms with Crippen LogP contribution in [-0.4, -0.2) is 34.5 Å². The summed E-state index contributed by atoms with van der Waals surface area (Å²) in [6.45, 7) is 0. The number of hydrogen-bond acceptors (Lipinski definition) is 7. The van der Waals surface area contributed by atoms with Gasteiger partial charge in [-0.2, -0.15) is 5.48 Å². The zero-order valence-corrected chi connectivity index (χ0v) is 22.1. The minimum Gasteiger partial charge on any atom is -0.495 e. The van der Waals surface area contributed by atoms with Crippen LogP contribution in [0.15, 0.2) is 40.2 Å². The molecule has 0 amide bonds. The lowest BCUT2D eigenvalue weighted by molar-refractivity contribution is 0.126. The van der Waals surface area contributed by atoms with Crippen molar-refractivity contribution in [1.82, 2.24) is 15.4 Å². The second-order valence-corrected chi connectivity index (χ2v) is 11.1. The summed E-state index contributed by atoms with van der Waals surface area (Å²) in [7, 11) is 1.64. The van der Waals surface area contributed by atoms with Crippen molar-refractivity contribution >= 4 is 23.5 Å². The molecule has 3 aromatic rings. The largest absolute Gasteiger partial charge is 0.495 e. The summed E-state index contributed by atoms with van der Waals surface area (Å²) in [6.07, 6.45) is 10.3. The third kappa shape index (κ3) is 4.84. The summed E-state index contributed by atoms with van der Waals surface area (Å²) in [4.78, 5) is 24.8. The number of nitrogens with two attached hydrogens (primary N) is 1. The molecule has 5 N–H and O–H groups in total. The van der Waals surface area contributed by atoms with E-state index in [-0.39, 0.29) is 22.5 Å². The van der Waals surface area contributed by atoms with Crippen molar-refractivity contribution < 1.29 is 9.94 Å². The minimum absolute atomic E-state index is 0.130. The highest BCUT2D eigenvalue weighted by molar-refractivity contribution is 6.33. The molecule has 0 radical (unpaired) electrons. The van der Waals surface area contributed by atoms with Gasteiger partial charge in [0.15, 0.2) is 0 Å². The molecule has 2 aromatic heterocycles. The molecule has 8 nitrogen and oxygen atoms in total. The molecule has 2 atom stereocenters. The summed E-state index contributed by atoms with van der Waals surface area (Å²) in [5.41, 5.74) is 15.4. The number of aromatic amines is 1. The molecule has 6 rings (SSSR count). The Bertz CT molecular complexity index is 1460. The molecule has 1 aromatic carbocycles. The Morgan fingerprint density at radius 3 is 2.82 bits per heavy atom. The van der Waals surface area contributed by atoms with Crippen LogP contribution < -0.4 is 21.5 Å². The number of fused-ring (bicyclic) bond motifs is 1. The lowest BCUT2D eigenvalue weighted by atomic mass is 9.88. The standard InChI is InChI=1S/C29H32ClN5O3/c1-38-25-12-15(10-17(27(25)31)14-33-18-4-5-18)11-21(16-2-3-16)24-13-22-19(6-7-23(22)35-37)28(34-24)20-8-9-32-29(36)26(20)30/h8-10,12-14,16,18,21,23,35,37H,2-7,11,31H2,1H3,(H,32,36). The van der Waals surface area contributed by atoms with Crippen molar-refractivity contribution in [3.8, 4) is 17.0 Å². The molecule has 3 aliphatic rings. The number of ether oxygens (including phenoxy) is 1. The van der Waals surface area contributed by atoms with Crippen LogP contribution in [0, 0.1) is 5.92 Å². The van der Waals surface area contributed by atoms with Gasteiger partial charge in [-0.3, -0.25) is 14.8 Å². The number of rotatable bonds is 9. The molecule has 0 spiro atoms. The number of aliphatic imine (C=N–C) groups is 1. The van der Waals surface area contributed by atoms with E-state index in [1.165, 1.54) is 0 Å². The predicted octanol–water partition coefficient (Wildman–Crippen LogP) is 4.96. The summed E-state index contributed by atoms with van der Waals surface area (Å²) in [6, 6.07) is 8.28. The fourth-order valence-electron chi connectivity index (χ4n) is 5.59. The first-order chi connectivity index (χ1) is 18.5. The molecule has 3 aliphatic carbocycles. The number of nitrogens with one attached hydrogen (secondary N) is 2. The van der Waals surface area contributed by atoms with Crippen molar-refractivity contribution in [2.45, 2.75) is 62.9 Å². The van der Waals surface area contributed by atoms with Gasteiger partial charge in [0.2, 0.25) is 0 Å². The Labute approximate surface area is 226 Å². The second-order valence-electron chi connectivity index (χ2n) is 10.7. The number of halogens is 1. The van der Waals surface area contributed by atoms with E-state index in [0.717, 1.165) is 78.6 Å². The Balaban J connectivity index is 1.43. The number of hydroxylamine groups is 1. The number of nitrogen functional groups attached to an aromatic ring is 1. The van der Waals surface area contributed by atoms with Gasteiger partial charge < -0.3 is 20.7 Å². The molecular weight excluding hydrogens is 502 g/mol. The zero-order valence-electron chi connectivity index (χ0n) is 21.3. The first kappa shape index (κ1) is 25.1. The lowest BCUT2D eigenvalue weighted by Crippen LogP contribution is -2.16. The van der Waals surface area contributed by atoms with Crippen LogP contribution in [0.2, 0.25) is 5.02 Å². The van der Waals surface area contributed by atoms with E-state index in [9.17, 15) is 10.0 Å². The smallest absolute Gasteiger partial charge is 0.267 e. The molecule has 2 saturated carbocycles. The molecule has 9 heteroatoms. The fraction of sp³-hybridized carbons (Fsp3) is 0.414. The number of aromatic nitrogens is 2. The highest BCUT2D eigenvalue weighted by Gasteiger charge is 2.36. The van der Waals surface area contributed by atoms with Crippen LogP contribution in [0.4, 0.5) is 5.69 Å². The van der Waals surface area contributed by atoms with Crippen molar-refractivity contribution in [1.29, 1.82) is 0 Å². The minimum atomic E-state index is -0.340. The first-order valence-corrected chi connectivity index (χ1v) is 13.6. The number of pyridine rings is 2. The van der Waals surface area contributed by atoms with E-state index in [0.29, 0.717) is 29.0 Å². The molecule has 198 valence electrons. The van der Waals surface area contributed by atoms with Gasteiger partial charge in [-0.05, 0) is 91.8 Å². The SMILES string of the molecule is COc1cc(CC(c2cc3c(c(-c4cc[nH]c(=O)c4Cl)n2)CCC3NO)C2CC2)cc(C=NC2CC2)c1N. The molecule has 2 fully saturated rings. The second kappa shape index (κ2) is 10.2. The Hall–Kier alpha value is -3.20. The van der Waals surface area contributed by atoms with Gasteiger partial charge in [0.05, 0.1) is 30.6 Å². The maximum absolute atomic E-state index is 12.3. The average molecular weight is 534 g/mol. The highest BCUT2D eigenvalue weighted by atomic mass is 35.5. The molecule has 2 heterocycles. The van der Waals surface area contributed by atoms with E-state index in [1.54, 1.807) is 19.4 Å². The normalized spacial score (nSPS) is 19.6. The fourth-order valence-corrected chi connectivity index (χ4v) is 5.80. The quantitative estimate of drug-likeness (QED) is 0.175. The highest BCUT2D eigenvalue weighted by Crippen LogP contribution is 2.47. The van der Waals surface area contributed by atoms with Gasteiger partial charge in [0.25, 0.3) is 5.56 Å². The number of H-pyrrole nitrogens is 1. The van der Waals surface area contributed by atoms with Crippen LogP contribution in [0.25, 0.3) is 11.3 Å². The maximum Gasteiger partial charge on any atom is 0.267 e. The van der Waals surface area contributed by atoms with Gasteiger partial charge in [0, 0.05) is 35.2 Å². The van der Waals surface area contributed by atoms with Crippen LogP contribution in [0.3, 0.4) is 0 Å². The monoisotopic (exact) mass is 533 g/mol. The van der Waals surface area contributed by atoms with Crippen molar-refractivity contribution in [3.05, 3.63) is 73.8 Å². The van der Waals surface area contributed by atoms with Gasteiger partial charge in [-0.1, -0.05) is 11.6 Å². The van der Waals surface area contributed by atoms with Crippen molar-refractivity contribution in [3.63, 3.8) is 0 Å². The van der Waals surface area contributed by atoms with E-state index in [4.69, 9.17) is 27.1 Å². The van der Waals surface area contributed by atoms with Gasteiger partial charge >= 0.3 is 0 Å². The zero-order chi connectivity index (χ0) is 26.4. The van der Waals surface area contributed by atoms with E-state index in [1.807, 2.05) is 12.3 Å². The van der Waals surface area contributed by atoms with E-state index < -0.39 is 0 Å². The van der Waals surface area contributed by atoms with Crippen molar-refractivity contribution in [2.24, 2.45) is 10.9 Å². The van der Waals surface area contributed by atoms with Crippen LogP contribution >= 0.6 is 11.6 Å². The van der Waals surface area contributed by atoms with Gasteiger partial charge in [-0.25, -0.2) is 0 Å². The first-order valence-electron chi connectivity index (χ1n) is 13.3. The predicted molar refractivity (Wildman–Crippen MR) is 148 cm³/mol. The Morgan fingerprint density at radius 2 is 2.11 bits per heavy atom. The topological polar surface area (TPSA) is 126 Å². The summed E-state index contributed by atoms with van der Waals surface area (Å²) < 4.78 is 5.62. The van der Waals surface area contributed by atoms with E-state index in [2.05, 4.69) is 27.6 Å². The molecule has 0 bridgehead atoms. The summed E-state index contributed by atoms with van der Waals surface area (Å²) in [5, 5.41) is 10.0.